The lowest BCUT2D eigenvalue weighted by Gasteiger charge is -2.33. The first kappa shape index (κ1) is 32.2. The maximum absolute atomic E-state index is 11.5. The number of allylic oxidation sites excluding steroid dienone is 3. The van der Waals surface area contributed by atoms with E-state index in [2.05, 4.69) is 12.7 Å². The van der Waals surface area contributed by atoms with Crippen LogP contribution in [0.1, 0.15) is 48.0 Å². The summed E-state index contributed by atoms with van der Waals surface area (Å²) in [5.41, 5.74) is 6.38. The quantitative estimate of drug-likeness (QED) is 0.184. The van der Waals surface area contributed by atoms with Gasteiger partial charge in [0.2, 0.25) is 0 Å². The van der Waals surface area contributed by atoms with Crippen LogP contribution in [0.15, 0.2) is 78.9 Å². The second kappa shape index (κ2) is 16.8. The van der Waals surface area contributed by atoms with Crippen molar-refractivity contribution in [3.63, 3.8) is 0 Å². The van der Waals surface area contributed by atoms with Crippen molar-refractivity contribution in [1.29, 1.82) is 0 Å². The summed E-state index contributed by atoms with van der Waals surface area (Å²) in [6, 6.07) is 9.62. The molecule has 37 heavy (non-hydrogen) atoms. The minimum atomic E-state index is -0.857. The maximum atomic E-state index is 11.5. The number of benzene rings is 1. The van der Waals surface area contributed by atoms with Crippen LogP contribution >= 0.6 is 0 Å². The Balaban J connectivity index is 2.69. The number of primary amides is 1. The summed E-state index contributed by atoms with van der Waals surface area (Å²) in [5.74, 6) is 0.156. The Morgan fingerprint density at radius 3 is 2.24 bits per heavy atom. The molecule has 6 heteroatoms. The highest BCUT2D eigenvalue weighted by molar-refractivity contribution is 5.64. The van der Waals surface area contributed by atoms with Gasteiger partial charge >= 0.3 is 6.09 Å². The number of hydrogen-bond acceptors (Lipinski definition) is 5. The molecule has 1 rings (SSSR count). The molecule has 8 atom stereocenters. The fourth-order valence-electron chi connectivity index (χ4n) is 4.67. The van der Waals surface area contributed by atoms with Gasteiger partial charge in [-0.25, -0.2) is 4.79 Å². The lowest BCUT2D eigenvalue weighted by Crippen LogP contribution is -2.41. The van der Waals surface area contributed by atoms with Gasteiger partial charge < -0.3 is 25.4 Å². The Morgan fingerprint density at radius 1 is 1.00 bits per heavy atom. The molecule has 6 nitrogen and oxygen atoms in total. The molecular formula is C31H47NO5. The van der Waals surface area contributed by atoms with Gasteiger partial charge in [-0.15, -0.1) is 0 Å². The molecule has 0 bridgehead atoms. The third-order valence-electron chi connectivity index (χ3n) is 6.76. The Kier molecular flexibility index (Phi) is 14.6. The van der Waals surface area contributed by atoms with Gasteiger partial charge in [-0.3, -0.25) is 0 Å². The number of amides is 1. The molecule has 4 unspecified atom stereocenters. The number of aliphatic hydroxyl groups is 2. The first-order valence-corrected chi connectivity index (χ1v) is 13.1. The van der Waals surface area contributed by atoms with E-state index in [0.717, 1.165) is 11.3 Å². The molecular weight excluding hydrogens is 466 g/mol. The molecule has 0 saturated heterocycles. The van der Waals surface area contributed by atoms with Crippen LogP contribution in [-0.2, 0) is 4.74 Å². The zero-order chi connectivity index (χ0) is 28.0. The summed E-state index contributed by atoms with van der Waals surface area (Å²) in [4.78, 5) is 11.5. The van der Waals surface area contributed by atoms with Gasteiger partial charge in [0.25, 0.3) is 0 Å². The molecule has 206 valence electrons. The van der Waals surface area contributed by atoms with Gasteiger partial charge in [0.05, 0.1) is 12.2 Å². The lowest BCUT2D eigenvalue weighted by atomic mass is 9.81. The van der Waals surface area contributed by atoms with Crippen molar-refractivity contribution < 1.29 is 24.5 Å². The number of carbonyl (C=O) groups is 1. The average Bonchev–Trinajstić information content (AvgIpc) is 2.87. The standard InChI is InChI=1S/C31H47NO5/c1-8-9-14-23(4)30(37-31(32)35)26(7)29(34)25(6)20-21(2)19-24(5)28(33)22(3)15-13-18-36-27-16-11-10-12-17-27/h8-17,19,22-26,28-30,33-34H,1,18,20H2,2-7H3,(H2,32,35)/t22-,23-,24-,25?,26?,28-,29?,30?/m0/s1. The van der Waals surface area contributed by atoms with Crippen LogP contribution < -0.4 is 10.5 Å². The monoisotopic (exact) mass is 513 g/mol. The normalized spacial score (nSPS) is 19.0. The highest BCUT2D eigenvalue weighted by Gasteiger charge is 2.33. The molecule has 0 aliphatic heterocycles. The van der Waals surface area contributed by atoms with Crippen LogP contribution in [-0.4, -0.2) is 41.2 Å². The van der Waals surface area contributed by atoms with E-state index in [9.17, 15) is 15.0 Å². The molecule has 1 aromatic carbocycles. The van der Waals surface area contributed by atoms with Crippen molar-refractivity contribution in [3.05, 3.63) is 78.9 Å². The number of nitrogens with two attached hydrogens (primary N) is 1. The highest BCUT2D eigenvalue weighted by atomic mass is 16.6. The predicted molar refractivity (Wildman–Crippen MR) is 151 cm³/mol. The molecule has 0 aliphatic carbocycles. The van der Waals surface area contributed by atoms with Gasteiger partial charge in [-0.05, 0) is 31.4 Å². The molecule has 0 spiro atoms. The van der Waals surface area contributed by atoms with Crippen LogP contribution in [0.4, 0.5) is 4.79 Å². The molecule has 4 N–H and O–H groups in total. The van der Waals surface area contributed by atoms with E-state index in [1.807, 2.05) is 90.1 Å². The van der Waals surface area contributed by atoms with E-state index < -0.39 is 24.4 Å². The Bertz CT molecular complexity index is 894. The van der Waals surface area contributed by atoms with Crippen LogP contribution in [0.5, 0.6) is 5.75 Å². The van der Waals surface area contributed by atoms with Crippen molar-refractivity contribution in [2.45, 2.75) is 66.3 Å². The highest BCUT2D eigenvalue weighted by Crippen LogP contribution is 2.29. The molecule has 0 aliphatic rings. The van der Waals surface area contributed by atoms with E-state index in [1.54, 1.807) is 12.2 Å². The summed E-state index contributed by atoms with van der Waals surface area (Å²) in [6.07, 6.45) is 9.27. The second-order valence-electron chi connectivity index (χ2n) is 10.2. The SMILES string of the molecule is C=CC=C[C@H](C)C(OC(N)=O)C(C)C(O)C(C)CC(C)=C[C@H](C)[C@@H](O)[C@@H](C)C=CCOc1ccccc1. The number of ether oxygens (including phenoxy) is 2. The zero-order valence-corrected chi connectivity index (χ0v) is 23.3. The molecule has 0 fully saturated rings. The first-order valence-electron chi connectivity index (χ1n) is 13.1. The summed E-state index contributed by atoms with van der Waals surface area (Å²) < 4.78 is 11.0. The number of rotatable bonds is 16. The maximum Gasteiger partial charge on any atom is 0.404 e. The lowest BCUT2D eigenvalue weighted by molar-refractivity contribution is -0.0266. The van der Waals surface area contributed by atoms with Crippen LogP contribution in [0.3, 0.4) is 0 Å². The average molecular weight is 514 g/mol. The van der Waals surface area contributed by atoms with Gasteiger partial charge in [0.1, 0.15) is 18.5 Å². The molecule has 1 amide bonds. The van der Waals surface area contributed by atoms with E-state index in [0.29, 0.717) is 13.0 Å². The molecule has 0 radical (unpaired) electrons. The van der Waals surface area contributed by atoms with Crippen molar-refractivity contribution in [2.75, 3.05) is 6.61 Å². The van der Waals surface area contributed by atoms with E-state index in [-0.39, 0.29) is 29.6 Å². The first-order chi connectivity index (χ1) is 17.5. The number of carbonyl (C=O) groups excluding carboxylic acids is 1. The van der Waals surface area contributed by atoms with E-state index in [1.165, 1.54) is 0 Å². The minimum Gasteiger partial charge on any atom is -0.490 e. The third-order valence-corrected chi connectivity index (χ3v) is 6.76. The van der Waals surface area contributed by atoms with E-state index >= 15 is 0 Å². The summed E-state index contributed by atoms with van der Waals surface area (Å²) in [6.45, 7) is 15.9. The van der Waals surface area contributed by atoms with E-state index in [4.69, 9.17) is 15.2 Å². The molecule has 0 heterocycles. The molecule has 0 aromatic heterocycles. The molecule has 1 aromatic rings. The largest absolute Gasteiger partial charge is 0.490 e. The predicted octanol–water partition coefficient (Wildman–Crippen LogP) is 6.07. The van der Waals surface area contributed by atoms with Crippen molar-refractivity contribution in [3.8, 4) is 5.75 Å². The minimum absolute atomic E-state index is 0.0433. The fraction of sp³-hybridized carbons (Fsp3) is 0.516. The summed E-state index contributed by atoms with van der Waals surface area (Å²) >= 11 is 0. The van der Waals surface area contributed by atoms with Crippen molar-refractivity contribution in [1.82, 2.24) is 0 Å². The second-order valence-corrected chi connectivity index (χ2v) is 10.2. The Labute approximate surface area is 223 Å². The summed E-state index contributed by atoms with van der Waals surface area (Å²) in [5, 5.41) is 21.9. The van der Waals surface area contributed by atoms with Crippen LogP contribution in [0.25, 0.3) is 0 Å². The Morgan fingerprint density at radius 2 is 1.65 bits per heavy atom. The van der Waals surface area contributed by atoms with Gasteiger partial charge in [0.15, 0.2) is 0 Å². The number of para-hydroxylation sites is 1. The fourth-order valence-corrected chi connectivity index (χ4v) is 4.67. The van der Waals surface area contributed by atoms with Crippen molar-refractivity contribution >= 4 is 6.09 Å². The van der Waals surface area contributed by atoms with Gasteiger partial charge in [-0.1, -0.05) is 101 Å². The topological polar surface area (TPSA) is 102 Å². The number of aliphatic hydroxyl groups excluding tert-OH is 2. The summed E-state index contributed by atoms with van der Waals surface area (Å²) in [7, 11) is 0. The van der Waals surface area contributed by atoms with Gasteiger partial charge in [0, 0.05) is 23.7 Å². The third kappa shape index (κ3) is 11.8. The smallest absolute Gasteiger partial charge is 0.404 e. The zero-order valence-electron chi connectivity index (χ0n) is 23.3. The number of hydrogen-bond donors (Lipinski definition) is 3. The Hall–Kier alpha value is -2.83. The van der Waals surface area contributed by atoms with Crippen molar-refractivity contribution in [2.24, 2.45) is 35.3 Å². The van der Waals surface area contributed by atoms with Gasteiger partial charge in [-0.2, -0.15) is 0 Å². The van der Waals surface area contributed by atoms with Crippen LogP contribution in [0.2, 0.25) is 0 Å². The van der Waals surface area contributed by atoms with Crippen LogP contribution in [0, 0.1) is 29.6 Å². The molecule has 0 saturated carbocycles.